The zero-order valence-electron chi connectivity index (χ0n) is 17.2. The van der Waals surface area contributed by atoms with E-state index in [4.69, 9.17) is 0 Å². The van der Waals surface area contributed by atoms with Gasteiger partial charge in [0.1, 0.15) is 6.33 Å². The molecule has 2 saturated heterocycles. The second-order valence-corrected chi connectivity index (χ2v) is 7.94. The molecule has 1 aromatic rings. The van der Waals surface area contributed by atoms with E-state index in [1.54, 1.807) is 19.3 Å². The summed E-state index contributed by atoms with van der Waals surface area (Å²) in [6.07, 6.45) is 11.0. The number of carbonyl (C=O) groups is 2. The summed E-state index contributed by atoms with van der Waals surface area (Å²) in [7, 11) is 0. The number of amides is 2. The van der Waals surface area contributed by atoms with E-state index in [9.17, 15) is 9.59 Å². The third-order valence-electron chi connectivity index (χ3n) is 6.13. The van der Waals surface area contributed by atoms with Crippen LogP contribution in [0, 0.1) is 0 Å². The van der Waals surface area contributed by atoms with Gasteiger partial charge in [-0.25, -0.2) is 9.97 Å². The Morgan fingerprint density at radius 3 is 2.57 bits per heavy atom. The first kappa shape index (κ1) is 20.7. The number of likely N-dealkylation sites (tertiary alicyclic amines) is 2. The lowest BCUT2D eigenvalue weighted by atomic mass is 10.0. The first-order valence-electron chi connectivity index (χ1n) is 10.6. The largest absolute Gasteiger partial charge is 0.341 e. The van der Waals surface area contributed by atoms with Gasteiger partial charge >= 0.3 is 0 Å². The SMILES string of the molecule is CCN1CCCC[C@H]1C(=O)N1CCC[C@@H](N(Cc2cncnc2)C(C)=O)CC1. The summed E-state index contributed by atoms with van der Waals surface area (Å²) in [5.41, 5.74) is 0.940. The molecule has 7 heteroatoms. The fraction of sp³-hybridized carbons (Fsp3) is 0.714. The molecule has 28 heavy (non-hydrogen) atoms. The van der Waals surface area contributed by atoms with Gasteiger partial charge in [-0.05, 0) is 45.2 Å². The molecular weight excluding hydrogens is 354 g/mol. The fourth-order valence-corrected chi connectivity index (χ4v) is 4.58. The minimum atomic E-state index is 0.0423. The van der Waals surface area contributed by atoms with Crippen LogP contribution >= 0.6 is 0 Å². The van der Waals surface area contributed by atoms with Crippen LogP contribution in [-0.4, -0.2) is 74.7 Å². The highest BCUT2D eigenvalue weighted by molar-refractivity contribution is 5.82. The molecule has 2 atom stereocenters. The molecule has 1 aromatic heterocycles. The molecule has 154 valence electrons. The summed E-state index contributed by atoms with van der Waals surface area (Å²) in [5.74, 6) is 0.353. The number of rotatable bonds is 5. The monoisotopic (exact) mass is 387 g/mol. The highest BCUT2D eigenvalue weighted by Crippen LogP contribution is 2.23. The van der Waals surface area contributed by atoms with Crippen molar-refractivity contribution in [3.8, 4) is 0 Å². The second kappa shape index (κ2) is 9.96. The maximum atomic E-state index is 13.2. The Morgan fingerprint density at radius 2 is 1.86 bits per heavy atom. The molecule has 3 heterocycles. The van der Waals surface area contributed by atoms with Crippen LogP contribution < -0.4 is 0 Å². The van der Waals surface area contributed by atoms with Crippen molar-refractivity contribution < 1.29 is 9.59 Å². The maximum Gasteiger partial charge on any atom is 0.239 e. The standard InChI is InChI=1S/C21H33N5O2/c1-3-24-10-5-4-8-20(24)21(28)25-11-6-7-19(9-12-25)26(17(2)27)15-18-13-22-16-23-14-18/h13-14,16,19-20H,3-12,15H2,1-2H3/t19-,20+/m1/s1. The number of likely N-dealkylation sites (N-methyl/N-ethyl adjacent to an activating group) is 1. The minimum absolute atomic E-state index is 0.0423. The summed E-state index contributed by atoms with van der Waals surface area (Å²) < 4.78 is 0. The third-order valence-corrected chi connectivity index (χ3v) is 6.13. The van der Waals surface area contributed by atoms with Gasteiger partial charge in [-0.1, -0.05) is 13.3 Å². The lowest BCUT2D eigenvalue weighted by Crippen LogP contribution is -2.51. The number of hydrogen-bond acceptors (Lipinski definition) is 5. The molecular formula is C21H33N5O2. The van der Waals surface area contributed by atoms with Gasteiger partial charge in [0.05, 0.1) is 6.04 Å². The Morgan fingerprint density at radius 1 is 1.07 bits per heavy atom. The molecule has 3 rings (SSSR count). The van der Waals surface area contributed by atoms with Crippen LogP contribution in [0.2, 0.25) is 0 Å². The number of hydrogen-bond donors (Lipinski definition) is 0. The van der Waals surface area contributed by atoms with Crippen molar-refractivity contribution in [2.24, 2.45) is 0 Å². The van der Waals surface area contributed by atoms with Gasteiger partial charge in [-0.3, -0.25) is 14.5 Å². The molecule has 0 bridgehead atoms. The zero-order chi connectivity index (χ0) is 19.9. The van der Waals surface area contributed by atoms with Crippen LogP contribution in [0.3, 0.4) is 0 Å². The van der Waals surface area contributed by atoms with E-state index in [1.807, 2.05) is 9.80 Å². The summed E-state index contributed by atoms with van der Waals surface area (Å²) in [6.45, 7) is 7.78. The Hall–Kier alpha value is -2.02. The zero-order valence-corrected chi connectivity index (χ0v) is 17.2. The Bertz CT molecular complexity index is 653. The van der Waals surface area contributed by atoms with Crippen molar-refractivity contribution in [2.45, 2.75) is 71.0 Å². The van der Waals surface area contributed by atoms with Crippen molar-refractivity contribution >= 4 is 11.8 Å². The molecule has 0 saturated carbocycles. The van der Waals surface area contributed by atoms with Crippen molar-refractivity contribution in [1.29, 1.82) is 0 Å². The van der Waals surface area contributed by atoms with Crippen molar-refractivity contribution in [3.63, 3.8) is 0 Å². The minimum Gasteiger partial charge on any atom is -0.341 e. The second-order valence-electron chi connectivity index (χ2n) is 7.94. The summed E-state index contributed by atoms with van der Waals surface area (Å²) in [6, 6.07) is 0.199. The number of aromatic nitrogens is 2. The van der Waals surface area contributed by atoms with Gasteiger partial charge in [-0.2, -0.15) is 0 Å². The van der Waals surface area contributed by atoms with E-state index < -0.39 is 0 Å². The van der Waals surface area contributed by atoms with Gasteiger partial charge < -0.3 is 9.80 Å². The van der Waals surface area contributed by atoms with Gasteiger partial charge in [-0.15, -0.1) is 0 Å². The summed E-state index contributed by atoms with van der Waals surface area (Å²) >= 11 is 0. The average Bonchev–Trinajstić information content (AvgIpc) is 2.98. The Balaban J connectivity index is 1.62. The smallest absolute Gasteiger partial charge is 0.239 e. The van der Waals surface area contributed by atoms with E-state index in [-0.39, 0.29) is 23.9 Å². The highest BCUT2D eigenvalue weighted by Gasteiger charge is 2.33. The molecule has 2 aliphatic heterocycles. The van der Waals surface area contributed by atoms with Crippen LogP contribution in [0.1, 0.15) is 57.9 Å². The third kappa shape index (κ3) is 5.07. The van der Waals surface area contributed by atoms with E-state index in [0.29, 0.717) is 6.54 Å². The molecule has 0 unspecified atom stereocenters. The number of nitrogens with zero attached hydrogens (tertiary/aromatic N) is 5. The van der Waals surface area contributed by atoms with E-state index in [0.717, 1.165) is 63.8 Å². The van der Waals surface area contributed by atoms with Crippen molar-refractivity contribution in [1.82, 2.24) is 24.7 Å². The highest BCUT2D eigenvalue weighted by atomic mass is 16.2. The first-order chi connectivity index (χ1) is 13.6. The predicted octanol–water partition coefficient (Wildman–Crippen LogP) is 2.08. The number of carbonyl (C=O) groups excluding carboxylic acids is 2. The van der Waals surface area contributed by atoms with Crippen LogP contribution in [0.5, 0.6) is 0 Å². The Kier molecular flexibility index (Phi) is 7.36. The molecule has 7 nitrogen and oxygen atoms in total. The van der Waals surface area contributed by atoms with Gasteiger partial charge in [0, 0.05) is 50.6 Å². The molecule has 2 fully saturated rings. The topological polar surface area (TPSA) is 69.6 Å². The van der Waals surface area contributed by atoms with E-state index >= 15 is 0 Å². The van der Waals surface area contributed by atoms with Crippen LogP contribution in [0.4, 0.5) is 0 Å². The van der Waals surface area contributed by atoms with Gasteiger partial charge in [0.25, 0.3) is 0 Å². The molecule has 0 radical (unpaired) electrons. The predicted molar refractivity (Wildman–Crippen MR) is 107 cm³/mol. The van der Waals surface area contributed by atoms with E-state index in [2.05, 4.69) is 21.8 Å². The maximum absolute atomic E-state index is 13.2. The average molecular weight is 388 g/mol. The van der Waals surface area contributed by atoms with Crippen LogP contribution in [0.25, 0.3) is 0 Å². The fourth-order valence-electron chi connectivity index (χ4n) is 4.58. The normalized spacial score (nSPS) is 23.9. The quantitative estimate of drug-likeness (QED) is 0.774. The first-order valence-corrected chi connectivity index (χ1v) is 10.6. The molecule has 2 amide bonds. The summed E-state index contributed by atoms with van der Waals surface area (Å²) in [5, 5.41) is 0. The lowest BCUT2D eigenvalue weighted by molar-refractivity contribution is -0.138. The summed E-state index contributed by atoms with van der Waals surface area (Å²) in [4.78, 5) is 39.9. The van der Waals surface area contributed by atoms with Crippen molar-refractivity contribution in [2.75, 3.05) is 26.2 Å². The number of piperidine rings is 1. The van der Waals surface area contributed by atoms with Gasteiger partial charge in [0.15, 0.2) is 0 Å². The van der Waals surface area contributed by atoms with Crippen molar-refractivity contribution in [3.05, 3.63) is 24.3 Å². The van der Waals surface area contributed by atoms with Crippen LogP contribution in [-0.2, 0) is 16.1 Å². The lowest BCUT2D eigenvalue weighted by Gasteiger charge is -2.37. The van der Waals surface area contributed by atoms with Gasteiger partial charge in [0.2, 0.25) is 11.8 Å². The van der Waals surface area contributed by atoms with E-state index in [1.165, 1.54) is 12.7 Å². The molecule has 0 aromatic carbocycles. The van der Waals surface area contributed by atoms with Crippen LogP contribution in [0.15, 0.2) is 18.7 Å². The Labute approximate surface area is 168 Å². The molecule has 0 spiro atoms. The molecule has 2 aliphatic rings. The molecule has 0 aliphatic carbocycles. The molecule has 0 N–H and O–H groups in total.